The Kier molecular flexibility index (Phi) is 11.4. The van der Waals surface area contributed by atoms with Gasteiger partial charge in [0.05, 0.1) is 11.7 Å². The zero-order chi connectivity index (χ0) is 30.8. The molecule has 43 heavy (non-hydrogen) atoms. The smallest absolute Gasteiger partial charge is 0.322 e. The number of aliphatic carboxylic acids is 1. The van der Waals surface area contributed by atoms with Gasteiger partial charge in [0.2, 0.25) is 0 Å². The van der Waals surface area contributed by atoms with E-state index in [1.807, 2.05) is 30.2 Å². The second kappa shape index (κ2) is 15.4. The zero-order valence-corrected chi connectivity index (χ0v) is 25.9. The summed E-state index contributed by atoms with van der Waals surface area (Å²) in [4.78, 5) is 33.5. The molecule has 3 heterocycles. The Morgan fingerprint density at radius 2 is 2.02 bits per heavy atom. The minimum Gasteiger partial charge on any atom is -0.480 e. The van der Waals surface area contributed by atoms with Gasteiger partial charge in [0.1, 0.15) is 17.7 Å². The molecule has 228 valence electrons. The largest absolute Gasteiger partial charge is 0.480 e. The molecule has 2 atom stereocenters. The van der Waals surface area contributed by atoms with Crippen molar-refractivity contribution in [2.45, 2.75) is 77.7 Å². The number of allylic oxidation sites excluding steroid dienone is 7. The fourth-order valence-corrected chi connectivity index (χ4v) is 5.56. The summed E-state index contributed by atoms with van der Waals surface area (Å²) < 4.78 is 0. The second-order valence-electron chi connectivity index (χ2n) is 11.2. The van der Waals surface area contributed by atoms with Crippen LogP contribution in [0.4, 0.5) is 5.82 Å². The molecule has 0 aromatic carbocycles. The van der Waals surface area contributed by atoms with Crippen LogP contribution in [-0.4, -0.2) is 58.4 Å². The number of aromatic nitrogens is 3. The summed E-state index contributed by atoms with van der Waals surface area (Å²) in [6, 6.07) is -0.749. The number of carbonyl (C=O) groups is 1. The lowest BCUT2D eigenvalue weighted by atomic mass is 9.93. The monoisotopic (exact) mass is 583 g/mol. The summed E-state index contributed by atoms with van der Waals surface area (Å²) in [6.07, 6.45) is 22.6. The highest BCUT2D eigenvalue weighted by molar-refractivity contribution is 5.94. The predicted octanol–water partition coefficient (Wildman–Crippen LogP) is 6.29. The van der Waals surface area contributed by atoms with Crippen LogP contribution in [0.3, 0.4) is 0 Å². The zero-order valence-electron chi connectivity index (χ0n) is 25.9. The molecule has 2 unspecified atom stereocenters. The molecule has 1 aliphatic heterocycles. The van der Waals surface area contributed by atoms with Gasteiger partial charge in [0.25, 0.3) is 0 Å². The molecule has 2 aromatic heterocycles. The number of hydrogen-bond acceptors (Lipinski definition) is 8. The van der Waals surface area contributed by atoms with Crippen molar-refractivity contribution in [2.24, 2.45) is 4.99 Å². The van der Waals surface area contributed by atoms with Crippen molar-refractivity contribution >= 4 is 34.5 Å². The van der Waals surface area contributed by atoms with Crippen molar-refractivity contribution < 1.29 is 9.90 Å². The van der Waals surface area contributed by atoms with E-state index in [9.17, 15) is 9.90 Å². The fourth-order valence-electron chi connectivity index (χ4n) is 5.56. The maximum absolute atomic E-state index is 12.0. The molecule has 0 saturated heterocycles. The third-order valence-corrected chi connectivity index (χ3v) is 8.14. The van der Waals surface area contributed by atoms with Gasteiger partial charge in [-0.2, -0.15) is 0 Å². The van der Waals surface area contributed by atoms with E-state index < -0.39 is 12.0 Å². The van der Waals surface area contributed by atoms with Crippen LogP contribution >= 0.6 is 0 Å². The summed E-state index contributed by atoms with van der Waals surface area (Å²) >= 11 is 0. The first-order valence-corrected chi connectivity index (χ1v) is 15.4. The average Bonchev–Trinajstić information content (AvgIpc) is 3.23. The third kappa shape index (κ3) is 8.04. The molecule has 0 bridgehead atoms. The number of likely N-dealkylation sites (N-methyl/N-ethyl adjacent to an activating group) is 2. The lowest BCUT2D eigenvalue weighted by Gasteiger charge is -2.28. The Labute approximate surface area is 255 Å². The number of hydrogen-bond donors (Lipinski definition) is 3. The van der Waals surface area contributed by atoms with Gasteiger partial charge in [-0.3, -0.25) is 9.78 Å². The second-order valence-corrected chi connectivity index (χ2v) is 11.2. The van der Waals surface area contributed by atoms with Gasteiger partial charge in [0, 0.05) is 36.6 Å². The Morgan fingerprint density at radius 3 is 2.77 bits per heavy atom. The van der Waals surface area contributed by atoms with Gasteiger partial charge in [-0.1, -0.05) is 57.9 Å². The molecule has 0 radical (unpaired) electrons. The number of nitrogens with zero attached hydrogens (tertiary/aromatic N) is 5. The molecule has 9 nitrogen and oxygen atoms in total. The Hall–Kier alpha value is -4.11. The normalized spacial score (nSPS) is 18.7. The van der Waals surface area contributed by atoms with Gasteiger partial charge >= 0.3 is 5.97 Å². The van der Waals surface area contributed by atoms with Crippen LogP contribution in [0.2, 0.25) is 0 Å². The number of carboxylic acids is 1. The Morgan fingerprint density at radius 1 is 1.19 bits per heavy atom. The molecule has 1 aliphatic carbocycles. The van der Waals surface area contributed by atoms with Gasteiger partial charge in [0.15, 0.2) is 5.82 Å². The Bertz CT molecular complexity index is 1470. The number of unbranched alkanes of at least 4 members (excludes halogenated alkanes) is 2. The molecule has 9 heteroatoms. The summed E-state index contributed by atoms with van der Waals surface area (Å²) in [6.45, 7) is 11.4. The van der Waals surface area contributed by atoms with Crippen molar-refractivity contribution in [2.75, 3.05) is 25.0 Å². The summed E-state index contributed by atoms with van der Waals surface area (Å²) in [5.41, 5.74) is 5.08. The van der Waals surface area contributed by atoms with Gasteiger partial charge in [-0.05, 0) is 74.4 Å². The fraction of sp³-hybridized carbons (Fsp3) is 0.441. The van der Waals surface area contributed by atoms with Crippen LogP contribution < -0.4 is 15.5 Å². The molecule has 0 amide bonds. The van der Waals surface area contributed by atoms with E-state index in [-0.39, 0.29) is 12.5 Å². The van der Waals surface area contributed by atoms with Crippen molar-refractivity contribution in [3.05, 3.63) is 77.8 Å². The van der Waals surface area contributed by atoms with E-state index in [4.69, 9.17) is 9.97 Å². The highest BCUT2D eigenvalue weighted by Gasteiger charge is 2.25. The van der Waals surface area contributed by atoms with E-state index in [0.717, 1.165) is 65.7 Å². The lowest BCUT2D eigenvalue weighted by molar-refractivity contribution is -0.139. The van der Waals surface area contributed by atoms with Crippen LogP contribution in [0, 0.1) is 0 Å². The average molecular weight is 584 g/mol. The van der Waals surface area contributed by atoms with Crippen molar-refractivity contribution in [3.63, 3.8) is 0 Å². The van der Waals surface area contributed by atoms with E-state index in [0.29, 0.717) is 24.6 Å². The number of anilines is 1. The molecule has 2 aliphatic rings. The number of nitrogens with one attached hydrogen (secondary N) is 2. The van der Waals surface area contributed by atoms with E-state index in [1.54, 1.807) is 19.5 Å². The van der Waals surface area contributed by atoms with Crippen LogP contribution in [0.15, 0.2) is 71.4 Å². The van der Waals surface area contributed by atoms with Crippen LogP contribution in [0.25, 0.3) is 16.5 Å². The lowest BCUT2D eigenvalue weighted by Crippen LogP contribution is -2.45. The molecule has 4 rings (SSSR count). The van der Waals surface area contributed by atoms with E-state index in [1.165, 1.54) is 12.0 Å². The van der Waals surface area contributed by atoms with Crippen molar-refractivity contribution in [3.8, 4) is 0 Å². The van der Waals surface area contributed by atoms with Crippen molar-refractivity contribution in [1.29, 1.82) is 0 Å². The number of rotatable bonds is 12. The first-order valence-electron chi connectivity index (χ1n) is 15.4. The standard InChI is InChI=1S/C34H45N7O2/c1-6-8-10-13-23(3)27-20-36-21-29-31(27)33(41(7-2)22-30(35-5)34(42)43)40-32(39-29)26-17-16-25-14-11-9-12-15-28(25)38-24(4)37-19-18-26/h9,11-12,15,18-21,23,30,35,38H,4,6-8,10,13-14,16-17,22H2,1-3,5H3,(H,42,43)/b26-18+,37-19-. The number of pyridine rings is 1. The molecule has 3 N–H and O–H groups in total. The maximum atomic E-state index is 12.0. The summed E-state index contributed by atoms with van der Waals surface area (Å²) in [7, 11) is 1.68. The van der Waals surface area contributed by atoms with Crippen LogP contribution in [0.5, 0.6) is 0 Å². The first kappa shape index (κ1) is 31.8. The third-order valence-electron chi connectivity index (χ3n) is 8.14. The first-order chi connectivity index (χ1) is 20.9. The summed E-state index contributed by atoms with van der Waals surface area (Å²) in [5, 5.41) is 17.1. The highest BCUT2D eigenvalue weighted by atomic mass is 16.4. The van der Waals surface area contributed by atoms with Crippen LogP contribution in [0.1, 0.15) is 83.0 Å². The van der Waals surface area contributed by atoms with Gasteiger partial charge in [-0.15, -0.1) is 0 Å². The maximum Gasteiger partial charge on any atom is 0.322 e. The molecule has 2 aromatic rings. The number of aliphatic imine (C=N–C) groups is 1. The SMILES string of the molecule is C=C1/N=C\C=C(\c2nc(N(CC)CC(NC)C(=O)O)c3c(C(C)CCCCC)cncc3n2)CCC2=C(C=CC=CC2)N1. The quantitative estimate of drug-likeness (QED) is 0.250. The molecule has 0 saturated carbocycles. The van der Waals surface area contributed by atoms with Crippen LogP contribution in [-0.2, 0) is 4.79 Å². The number of fused-ring (bicyclic) bond motifs is 1. The Balaban J connectivity index is 1.85. The van der Waals surface area contributed by atoms with E-state index in [2.05, 4.69) is 59.3 Å². The molecular weight excluding hydrogens is 538 g/mol. The van der Waals surface area contributed by atoms with Crippen molar-refractivity contribution in [1.82, 2.24) is 25.6 Å². The minimum absolute atomic E-state index is 0.259. The minimum atomic E-state index is -0.898. The molecule has 0 fully saturated rings. The van der Waals surface area contributed by atoms with E-state index >= 15 is 0 Å². The topological polar surface area (TPSA) is 116 Å². The highest BCUT2D eigenvalue weighted by Crippen LogP contribution is 2.35. The molecular formula is C34H45N7O2. The van der Waals surface area contributed by atoms with Gasteiger partial charge < -0.3 is 20.6 Å². The molecule has 0 spiro atoms. The predicted molar refractivity (Wildman–Crippen MR) is 176 cm³/mol. The number of carboxylic acid groups (broad SMARTS) is 1. The van der Waals surface area contributed by atoms with Gasteiger partial charge in [-0.25, -0.2) is 15.0 Å². The summed E-state index contributed by atoms with van der Waals surface area (Å²) in [5.74, 6) is 1.26.